The summed E-state index contributed by atoms with van der Waals surface area (Å²) in [6, 6.07) is 13.0. The second kappa shape index (κ2) is 8.10. The molecule has 1 N–H and O–H groups in total. The molecule has 0 radical (unpaired) electrons. The average Bonchev–Trinajstić information content (AvgIpc) is 3.02. The highest BCUT2D eigenvalue weighted by molar-refractivity contribution is 7.22. The Bertz CT molecular complexity index is 932. The lowest BCUT2D eigenvalue weighted by Crippen LogP contribution is -2.11. The average molecular weight is 368 g/mol. The molecule has 1 heterocycles. The molecule has 0 saturated heterocycles. The van der Waals surface area contributed by atoms with E-state index in [1.54, 1.807) is 31.4 Å². The molecule has 6 heteroatoms. The molecule has 5 nitrogen and oxygen atoms in total. The number of aryl methyl sites for hydroxylation is 1. The van der Waals surface area contributed by atoms with Crippen molar-refractivity contribution >= 4 is 38.4 Å². The van der Waals surface area contributed by atoms with Gasteiger partial charge in [-0.1, -0.05) is 17.4 Å². The van der Waals surface area contributed by atoms with E-state index < -0.39 is 0 Å². The summed E-state index contributed by atoms with van der Waals surface area (Å²) in [7, 11) is 1.59. The zero-order valence-electron chi connectivity index (χ0n) is 14.7. The first-order valence-electron chi connectivity index (χ1n) is 8.39. The third-order valence-electron chi connectivity index (χ3n) is 4.01. The minimum absolute atomic E-state index is 0.0240. The number of nitrogens with one attached hydrogen (secondary N) is 1. The van der Waals surface area contributed by atoms with Crippen molar-refractivity contribution in [2.75, 3.05) is 12.4 Å². The summed E-state index contributed by atoms with van der Waals surface area (Å²) in [5, 5.41) is 3.41. The maximum absolute atomic E-state index is 12.2. The van der Waals surface area contributed by atoms with Crippen molar-refractivity contribution in [3.63, 3.8) is 0 Å². The summed E-state index contributed by atoms with van der Waals surface area (Å²) in [4.78, 5) is 28.6. The predicted molar refractivity (Wildman–Crippen MR) is 104 cm³/mol. The molecular weight excluding hydrogens is 348 g/mol. The van der Waals surface area contributed by atoms with Crippen LogP contribution in [-0.4, -0.2) is 23.8 Å². The molecule has 0 bridgehead atoms. The number of rotatable bonds is 7. The second-order valence-electron chi connectivity index (χ2n) is 6.04. The van der Waals surface area contributed by atoms with Crippen LogP contribution in [0.25, 0.3) is 10.2 Å². The number of hydrogen-bond acceptors (Lipinski definition) is 5. The van der Waals surface area contributed by atoms with Gasteiger partial charge in [-0.3, -0.25) is 9.59 Å². The number of methoxy groups -OCH3 is 1. The Hall–Kier alpha value is -2.73. The number of hydrogen-bond donors (Lipinski definition) is 1. The molecule has 0 atom stereocenters. The molecule has 0 unspecified atom stereocenters. The van der Waals surface area contributed by atoms with Crippen LogP contribution in [0.5, 0.6) is 5.75 Å². The van der Waals surface area contributed by atoms with Crippen molar-refractivity contribution in [3.05, 3.63) is 53.6 Å². The molecule has 0 aliphatic heterocycles. The van der Waals surface area contributed by atoms with Crippen LogP contribution >= 0.6 is 11.3 Å². The van der Waals surface area contributed by atoms with Gasteiger partial charge in [-0.15, -0.1) is 0 Å². The molecule has 3 aromatic rings. The van der Waals surface area contributed by atoms with Crippen molar-refractivity contribution in [3.8, 4) is 5.75 Å². The normalized spacial score (nSPS) is 10.7. The molecular formula is C20H20N2O3S. The van der Waals surface area contributed by atoms with E-state index in [2.05, 4.69) is 16.4 Å². The molecule has 0 saturated carbocycles. The van der Waals surface area contributed by atoms with Gasteiger partial charge in [0.1, 0.15) is 5.75 Å². The number of carbonyl (C=O) groups excluding carboxylic acids is 2. The maximum atomic E-state index is 12.2. The highest BCUT2D eigenvalue weighted by Crippen LogP contribution is 2.26. The number of ether oxygens (including phenoxy) is 1. The summed E-state index contributed by atoms with van der Waals surface area (Å²) < 4.78 is 6.13. The fourth-order valence-corrected chi connectivity index (χ4v) is 3.58. The molecule has 0 spiro atoms. The van der Waals surface area contributed by atoms with Crippen LogP contribution in [0.1, 0.15) is 35.2 Å². The zero-order chi connectivity index (χ0) is 18.5. The van der Waals surface area contributed by atoms with E-state index in [1.165, 1.54) is 11.3 Å². The quantitative estimate of drug-likeness (QED) is 0.619. The zero-order valence-corrected chi connectivity index (χ0v) is 15.6. The molecule has 3 rings (SSSR count). The summed E-state index contributed by atoms with van der Waals surface area (Å²) in [5.74, 6) is 0.617. The number of aromatic nitrogens is 1. The lowest BCUT2D eigenvalue weighted by atomic mass is 10.1. The van der Waals surface area contributed by atoms with E-state index in [4.69, 9.17) is 4.74 Å². The van der Waals surface area contributed by atoms with Gasteiger partial charge in [-0.05, 0) is 55.3 Å². The minimum Gasteiger partial charge on any atom is -0.497 e. The van der Waals surface area contributed by atoms with Gasteiger partial charge < -0.3 is 10.1 Å². The third-order valence-corrected chi connectivity index (χ3v) is 4.94. The van der Waals surface area contributed by atoms with Gasteiger partial charge >= 0.3 is 0 Å². The van der Waals surface area contributed by atoms with Crippen LogP contribution in [0, 0.1) is 6.92 Å². The van der Waals surface area contributed by atoms with Gasteiger partial charge in [0, 0.05) is 18.4 Å². The summed E-state index contributed by atoms with van der Waals surface area (Å²) in [6.45, 7) is 2.03. The first-order valence-corrected chi connectivity index (χ1v) is 9.21. The van der Waals surface area contributed by atoms with Crippen LogP contribution in [0.2, 0.25) is 0 Å². The van der Waals surface area contributed by atoms with Crippen molar-refractivity contribution in [1.29, 1.82) is 0 Å². The number of anilines is 1. The van der Waals surface area contributed by atoms with E-state index in [-0.39, 0.29) is 18.1 Å². The number of nitrogens with zero attached hydrogens (tertiary/aromatic N) is 1. The van der Waals surface area contributed by atoms with Crippen LogP contribution in [-0.2, 0) is 4.79 Å². The van der Waals surface area contributed by atoms with Crippen LogP contribution < -0.4 is 10.1 Å². The van der Waals surface area contributed by atoms with Crippen LogP contribution in [0.15, 0.2) is 42.5 Å². The Morgan fingerprint density at radius 2 is 1.88 bits per heavy atom. The van der Waals surface area contributed by atoms with Gasteiger partial charge in [0.2, 0.25) is 5.91 Å². The fraction of sp³-hybridized carbons (Fsp3) is 0.250. The number of benzene rings is 2. The lowest BCUT2D eigenvalue weighted by molar-refractivity contribution is -0.116. The van der Waals surface area contributed by atoms with Crippen molar-refractivity contribution in [2.24, 2.45) is 0 Å². The van der Waals surface area contributed by atoms with Crippen molar-refractivity contribution < 1.29 is 14.3 Å². The van der Waals surface area contributed by atoms with Crippen LogP contribution in [0.3, 0.4) is 0 Å². The highest BCUT2D eigenvalue weighted by atomic mass is 32.1. The highest BCUT2D eigenvalue weighted by Gasteiger charge is 2.10. The van der Waals surface area contributed by atoms with Crippen LogP contribution in [0.4, 0.5) is 5.13 Å². The number of fused-ring (bicyclic) bond motifs is 1. The maximum Gasteiger partial charge on any atom is 0.226 e. The van der Waals surface area contributed by atoms with Gasteiger partial charge in [-0.2, -0.15) is 0 Å². The predicted octanol–water partition coefficient (Wildman–Crippen LogP) is 4.61. The molecule has 1 aromatic heterocycles. The lowest BCUT2D eigenvalue weighted by Gasteiger charge is -2.03. The van der Waals surface area contributed by atoms with Gasteiger partial charge in [0.25, 0.3) is 0 Å². The summed E-state index contributed by atoms with van der Waals surface area (Å²) >= 11 is 1.46. The molecule has 0 fully saturated rings. The summed E-state index contributed by atoms with van der Waals surface area (Å²) in [6.07, 6.45) is 1.12. The standard InChI is InChI=1S/C20H20N2O3S/c1-13-6-11-16-18(12-13)26-20(21-16)22-19(24)5-3-4-17(23)14-7-9-15(25-2)10-8-14/h6-12H,3-5H2,1-2H3,(H,21,22,24). The third kappa shape index (κ3) is 4.46. The molecule has 134 valence electrons. The van der Waals surface area contributed by atoms with Gasteiger partial charge in [0.15, 0.2) is 10.9 Å². The molecule has 0 aliphatic rings. The van der Waals surface area contributed by atoms with Gasteiger partial charge in [0.05, 0.1) is 17.3 Å². The van der Waals surface area contributed by atoms with E-state index in [1.807, 2.05) is 19.1 Å². The van der Waals surface area contributed by atoms with Gasteiger partial charge in [-0.25, -0.2) is 4.98 Å². The van der Waals surface area contributed by atoms with E-state index in [0.29, 0.717) is 29.3 Å². The molecule has 26 heavy (non-hydrogen) atoms. The first-order chi connectivity index (χ1) is 12.5. The van der Waals surface area contributed by atoms with Crippen molar-refractivity contribution in [2.45, 2.75) is 26.2 Å². The Morgan fingerprint density at radius 1 is 1.12 bits per heavy atom. The number of amides is 1. The number of thiazole rings is 1. The topological polar surface area (TPSA) is 68.3 Å². The SMILES string of the molecule is COc1ccc(C(=O)CCCC(=O)Nc2nc3ccc(C)cc3s2)cc1. The van der Waals surface area contributed by atoms with E-state index in [9.17, 15) is 9.59 Å². The summed E-state index contributed by atoms with van der Waals surface area (Å²) in [5.41, 5.74) is 2.68. The Labute approximate surface area is 156 Å². The Kier molecular flexibility index (Phi) is 5.63. The molecule has 1 amide bonds. The van der Waals surface area contributed by atoms with E-state index in [0.717, 1.165) is 15.8 Å². The fourth-order valence-electron chi connectivity index (χ4n) is 2.60. The minimum atomic E-state index is -0.122. The Morgan fingerprint density at radius 3 is 2.62 bits per heavy atom. The molecule has 0 aliphatic carbocycles. The first kappa shape index (κ1) is 18.1. The largest absolute Gasteiger partial charge is 0.497 e. The monoisotopic (exact) mass is 368 g/mol. The number of carbonyl (C=O) groups is 2. The smallest absolute Gasteiger partial charge is 0.226 e. The molecule has 2 aromatic carbocycles. The van der Waals surface area contributed by atoms with E-state index >= 15 is 0 Å². The second-order valence-corrected chi connectivity index (χ2v) is 7.07. The Balaban J connectivity index is 1.49. The number of Topliss-reactive ketones (excluding diaryl/α,β-unsaturated/α-hetero) is 1. The van der Waals surface area contributed by atoms with Crippen molar-refractivity contribution in [1.82, 2.24) is 4.98 Å². The number of ketones is 1.